The molecule has 1 atom stereocenters. The van der Waals surface area contributed by atoms with E-state index in [2.05, 4.69) is 9.97 Å². The van der Waals surface area contributed by atoms with E-state index in [1.165, 1.54) is 0 Å². The number of imidazole rings is 1. The Labute approximate surface area is 145 Å². The van der Waals surface area contributed by atoms with Gasteiger partial charge in [-0.3, -0.25) is 14.6 Å². The first kappa shape index (κ1) is 15.5. The van der Waals surface area contributed by atoms with Crippen LogP contribution in [0.25, 0.3) is 5.65 Å². The molecule has 6 nitrogen and oxygen atoms in total. The summed E-state index contributed by atoms with van der Waals surface area (Å²) in [5.74, 6) is -0.221. The van der Waals surface area contributed by atoms with Gasteiger partial charge in [0.2, 0.25) is 0 Å². The van der Waals surface area contributed by atoms with Gasteiger partial charge in [-0.15, -0.1) is 0 Å². The molecule has 4 heterocycles. The van der Waals surface area contributed by atoms with E-state index in [1.807, 2.05) is 22.7 Å². The number of amides is 1. The minimum Gasteiger partial charge on any atom is -0.338 e. The number of carbonyl (C=O) groups excluding carboxylic acids is 2. The van der Waals surface area contributed by atoms with Gasteiger partial charge in [0.05, 0.1) is 5.56 Å². The fourth-order valence-corrected chi connectivity index (χ4v) is 3.32. The quantitative estimate of drug-likeness (QED) is 0.690. The Bertz CT molecular complexity index is 919. The van der Waals surface area contributed by atoms with Gasteiger partial charge in [-0.1, -0.05) is 6.07 Å². The van der Waals surface area contributed by atoms with Gasteiger partial charge in [0.1, 0.15) is 11.3 Å². The number of aromatic nitrogens is 3. The van der Waals surface area contributed by atoms with Gasteiger partial charge in [0.25, 0.3) is 5.91 Å². The summed E-state index contributed by atoms with van der Waals surface area (Å²) in [5.41, 5.74) is 1.89. The van der Waals surface area contributed by atoms with Crippen molar-refractivity contribution in [2.45, 2.75) is 12.8 Å². The largest absolute Gasteiger partial charge is 0.338 e. The van der Waals surface area contributed by atoms with Crippen LogP contribution in [0.1, 0.15) is 33.7 Å². The maximum Gasteiger partial charge on any atom is 0.255 e. The molecule has 4 rings (SSSR count). The van der Waals surface area contributed by atoms with Gasteiger partial charge >= 0.3 is 0 Å². The highest BCUT2D eigenvalue weighted by Gasteiger charge is 2.30. The highest BCUT2D eigenvalue weighted by atomic mass is 16.2. The average Bonchev–Trinajstić information content (AvgIpc) is 3.15. The summed E-state index contributed by atoms with van der Waals surface area (Å²) < 4.78 is 1.83. The number of Topliss-reactive ketones (excluding diaryl/α,β-unsaturated/α-hetero) is 1. The monoisotopic (exact) mass is 334 g/mol. The number of hydrogen-bond acceptors (Lipinski definition) is 4. The molecule has 0 unspecified atom stereocenters. The van der Waals surface area contributed by atoms with E-state index in [0.29, 0.717) is 24.3 Å². The Morgan fingerprint density at radius 2 is 2.00 bits per heavy atom. The third kappa shape index (κ3) is 3.03. The van der Waals surface area contributed by atoms with E-state index in [9.17, 15) is 9.59 Å². The van der Waals surface area contributed by atoms with Crippen molar-refractivity contribution in [3.05, 3.63) is 66.4 Å². The van der Waals surface area contributed by atoms with Crippen LogP contribution in [0.3, 0.4) is 0 Å². The van der Waals surface area contributed by atoms with Crippen molar-refractivity contribution in [2.75, 3.05) is 13.1 Å². The average molecular weight is 334 g/mol. The summed E-state index contributed by atoms with van der Waals surface area (Å²) in [5, 5.41) is 0. The SMILES string of the molecule is O=C(c1ccccn1)[C@H]1CCCN(C(=O)c2ccc3nccn3c2)C1. The Morgan fingerprint density at radius 3 is 2.84 bits per heavy atom. The summed E-state index contributed by atoms with van der Waals surface area (Å²) >= 11 is 0. The summed E-state index contributed by atoms with van der Waals surface area (Å²) in [7, 11) is 0. The standard InChI is InChI=1S/C19H18N4O2/c24-18(16-5-1-2-8-20-16)14-4-3-10-23(12-14)19(25)15-6-7-17-21-9-11-22(17)13-15/h1-2,5-9,11,13-14H,3-4,10,12H2/t14-/m0/s1. The predicted molar refractivity (Wildman–Crippen MR) is 92.4 cm³/mol. The summed E-state index contributed by atoms with van der Waals surface area (Å²) in [6.07, 6.45) is 8.54. The number of likely N-dealkylation sites (tertiary alicyclic amines) is 1. The molecule has 25 heavy (non-hydrogen) atoms. The first-order valence-corrected chi connectivity index (χ1v) is 8.39. The Morgan fingerprint density at radius 1 is 1.08 bits per heavy atom. The molecule has 0 aliphatic carbocycles. The van der Waals surface area contributed by atoms with Gasteiger partial charge in [0, 0.05) is 43.8 Å². The van der Waals surface area contributed by atoms with Gasteiger partial charge < -0.3 is 9.30 Å². The molecule has 0 bridgehead atoms. The van der Waals surface area contributed by atoms with Crippen LogP contribution in [-0.4, -0.2) is 44.0 Å². The molecule has 6 heteroatoms. The molecular formula is C19H18N4O2. The topological polar surface area (TPSA) is 67.6 Å². The van der Waals surface area contributed by atoms with Crippen LogP contribution in [0.15, 0.2) is 55.1 Å². The molecule has 3 aromatic heterocycles. The molecule has 0 aromatic carbocycles. The second kappa shape index (κ2) is 6.47. The third-order valence-corrected chi connectivity index (χ3v) is 4.63. The zero-order chi connectivity index (χ0) is 17.2. The molecule has 0 saturated carbocycles. The van der Waals surface area contributed by atoms with Crippen LogP contribution in [0, 0.1) is 5.92 Å². The molecular weight excluding hydrogens is 316 g/mol. The summed E-state index contributed by atoms with van der Waals surface area (Å²) in [4.78, 5) is 35.6. The molecule has 1 fully saturated rings. The van der Waals surface area contributed by atoms with Crippen molar-refractivity contribution in [1.82, 2.24) is 19.3 Å². The Balaban J connectivity index is 1.52. The molecule has 1 amide bonds. The smallest absolute Gasteiger partial charge is 0.255 e. The number of fused-ring (bicyclic) bond motifs is 1. The van der Waals surface area contributed by atoms with Crippen LogP contribution in [0.4, 0.5) is 0 Å². The Kier molecular flexibility index (Phi) is 4.01. The minimum absolute atomic E-state index is 0.0168. The van der Waals surface area contributed by atoms with Crippen LogP contribution in [0.5, 0.6) is 0 Å². The summed E-state index contributed by atoms with van der Waals surface area (Å²) in [6, 6.07) is 8.95. The second-order valence-electron chi connectivity index (χ2n) is 6.28. The molecule has 126 valence electrons. The third-order valence-electron chi connectivity index (χ3n) is 4.63. The van der Waals surface area contributed by atoms with Crippen molar-refractivity contribution in [3.63, 3.8) is 0 Å². The van der Waals surface area contributed by atoms with Gasteiger partial charge in [-0.2, -0.15) is 0 Å². The maximum absolute atomic E-state index is 12.8. The number of piperidine rings is 1. The predicted octanol–water partition coefficient (Wildman–Crippen LogP) is 2.46. The van der Waals surface area contributed by atoms with Gasteiger partial charge in [-0.25, -0.2) is 4.98 Å². The van der Waals surface area contributed by atoms with Crippen LogP contribution in [-0.2, 0) is 0 Å². The van der Waals surface area contributed by atoms with Crippen molar-refractivity contribution in [2.24, 2.45) is 5.92 Å². The normalized spacial score (nSPS) is 17.6. The fraction of sp³-hybridized carbons (Fsp3) is 0.263. The number of carbonyl (C=O) groups is 2. The van der Waals surface area contributed by atoms with E-state index in [0.717, 1.165) is 18.5 Å². The molecule has 0 spiro atoms. The zero-order valence-electron chi connectivity index (χ0n) is 13.7. The molecule has 0 radical (unpaired) electrons. The van der Waals surface area contributed by atoms with E-state index in [-0.39, 0.29) is 17.6 Å². The van der Waals surface area contributed by atoms with E-state index < -0.39 is 0 Å². The van der Waals surface area contributed by atoms with Crippen molar-refractivity contribution >= 4 is 17.3 Å². The lowest BCUT2D eigenvalue weighted by atomic mass is 9.91. The van der Waals surface area contributed by atoms with Gasteiger partial charge in [0.15, 0.2) is 5.78 Å². The number of rotatable bonds is 3. The lowest BCUT2D eigenvalue weighted by Gasteiger charge is -2.32. The molecule has 3 aromatic rings. The summed E-state index contributed by atoms with van der Waals surface area (Å²) in [6.45, 7) is 1.11. The van der Waals surface area contributed by atoms with E-state index in [4.69, 9.17) is 0 Å². The minimum atomic E-state index is -0.190. The van der Waals surface area contributed by atoms with Crippen LogP contribution >= 0.6 is 0 Å². The first-order valence-electron chi connectivity index (χ1n) is 8.39. The van der Waals surface area contributed by atoms with Crippen molar-refractivity contribution in [3.8, 4) is 0 Å². The van der Waals surface area contributed by atoms with Crippen LogP contribution < -0.4 is 0 Å². The molecule has 0 N–H and O–H groups in total. The second-order valence-corrected chi connectivity index (χ2v) is 6.28. The number of hydrogen-bond donors (Lipinski definition) is 0. The lowest BCUT2D eigenvalue weighted by molar-refractivity contribution is 0.0635. The zero-order valence-corrected chi connectivity index (χ0v) is 13.7. The molecule has 1 aliphatic rings. The number of nitrogens with zero attached hydrogens (tertiary/aromatic N) is 4. The Hall–Kier alpha value is -3.02. The highest BCUT2D eigenvalue weighted by molar-refractivity contribution is 5.98. The number of pyridine rings is 2. The lowest BCUT2D eigenvalue weighted by Crippen LogP contribution is -2.42. The maximum atomic E-state index is 12.8. The van der Waals surface area contributed by atoms with Crippen molar-refractivity contribution < 1.29 is 9.59 Å². The van der Waals surface area contributed by atoms with E-state index >= 15 is 0 Å². The molecule has 1 aliphatic heterocycles. The van der Waals surface area contributed by atoms with Gasteiger partial charge in [-0.05, 0) is 37.1 Å². The molecule has 1 saturated heterocycles. The highest BCUT2D eigenvalue weighted by Crippen LogP contribution is 2.22. The fourth-order valence-electron chi connectivity index (χ4n) is 3.32. The van der Waals surface area contributed by atoms with Crippen molar-refractivity contribution in [1.29, 1.82) is 0 Å². The first-order chi connectivity index (χ1) is 12.2. The van der Waals surface area contributed by atoms with Crippen LogP contribution in [0.2, 0.25) is 0 Å². The number of ketones is 1. The van der Waals surface area contributed by atoms with E-state index in [1.54, 1.807) is 41.7 Å².